The molecule has 2 amide bonds. The van der Waals surface area contributed by atoms with Gasteiger partial charge in [-0.15, -0.1) is 0 Å². The maximum Gasteiger partial charge on any atom is 0.317 e. The molecule has 0 saturated carbocycles. The maximum atomic E-state index is 13.5. The molecule has 0 bridgehead atoms. The van der Waals surface area contributed by atoms with Crippen molar-refractivity contribution in [2.45, 2.75) is 38.9 Å². The summed E-state index contributed by atoms with van der Waals surface area (Å²) in [5.41, 5.74) is 0. The molecular weight excluding hydrogens is 299 g/mol. The van der Waals surface area contributed by atoms with Gasteiger partial charge in [-0.25, -0.2) is 9.18 Å². The Morgan fingerprint density at radius 3 is 2.65 bits per heavy atom. The molecule has 2 rings (SSSR count). The molecular formula is C17H25FN2O3. The first-order valence-electron chi connectivity index (χ1n) is 8.09. The summed E-state index contributed by atoms with van der Waals surface area (Å²) in [7, 11) is 0. The van der Waals surface area contributed by atoms with E-state index in [1.54, 1.807) is 36.9 Å². The summed E-state index contributed by atoms with van der Waals surface area (Å²) in [5, 5.41) is 12.4. The average Bonchev–Trinajstić information content (AvgIpc) is 2.55. The van der Waals surface area contributed by atoms with Crippen molar-refractivity contribution in [2.24, 2.45) is 5.92 Å². The van der Waals surface area contributed by atoms with E-state index in [2.05, 4.69) is 5.32 Å². The number of halogens is 1. The molecule has 1 aliphatic heterocycles. The zero-order chi connectivity index (χ0) is 16.8. The van der Waals surface area contributed by atoms with E-state index in [-0.39, 0.29) is 29.9 Å². The standard InChI is InChI=1S/C17H25FN2O3/c1-12(23-16-6-4-3-5-15(16)18)11-19-17(22)20-9-7-14(8-10-20)13(2)21/h3-6,12-14,21H,7-11H2,1-2H3,(H,19,22). The Balaban J connectivity index is 1.73. The van der Waals surface area contributed by atoms with Gasteiger partial charge in [0.05, 0.1) is 12.6 Å². The van der Waals surface area contributed by atoms with Crippen LogP contribution in [0.4, 0.5) is 9.18 Å². The van der Waals surface area contributed by atoms with E-state index in [1.807, 2.05) is 0 Å². The van der Waals surface area contributed by atoms with Crippen LogP contribution < -0.4 is 10.1 Å². The largest absolute Gasteiger partial charge is 0.486 e. The highest BCUT2D eigenvalue weighted by atomic mass is 19.1. The average molecular weight is 324 g/mol. The molecule has 23 heavy (non-hydrogen) atoms. The molecule has 128 valence electrons. The number of likely N-dealkylation sites (tertiary alicyclic amines) is 1. The lowest BCUT2D eigenvalue weighted by atomic mass is 9.92. The number of aliphatic hydroxyl groups is 1. The van der Waals surface area contributed by atoms with Gasteiger partial charge in [0, 0.05) is 13.1 Å². The number of carbonyl (C=O) groups is 1. The number of piperidine rings is 1. The molecule has 2 N–H and O–H groups in total. The molecule has 1 fully saturated rings. The number of nitrogens with one attached hydrogen (secondary N) is 1. The lowest BCUT2D eigenvalue weighted by Crippen LogP contribution is -2.47. The second-order valence-electron chi connectivity index (χ2n) is 6.11. The SMILES string of the molecule is CC(CNC(=O)N1CCC(C(C)O)CC1)Oc1ccccc1F. The van der Waals surface area contributed by atoms with Crippen molar-refractivity contribution in [1.29, 1.82) is 0 Å². The highest BCUT2D eigenvalue weighted by molar-refractivity contribution is 5.74. The van der Waals surface area contributed by atoms with Gasteiger partial charge >= 0.3 is 6.03 Å². The van der Waals surface area contributed by atoms with Gasteiger partial charge in [0.2, 0.25) is 0 Å². The number of hydrogen-bond acceptors (Lipinski definition) is 3. The van der Waals surface area contributed by atoms with Crippen LogP contribution in [-0.2, 0) is 0 Å². The van der Waals surface area contributed by atoms with Gasteiger partial charge in [0.15, 0.2) is 11.6 Å². The van der Waals surface area contributed by atoms with Crippen LogP contribution in [0.25, 0.3) is 0 Å². The van der Waals surface area contributed by atoms with E-state index in [9.17, 15) is 14.3 Å². The topological polar surface area (TPSA) is 61.8 Å². The third kappa shape index (κ3) is 5.10. The highest BCUT2D eigenvalue weighted by Crippen LogP contribution is 2.20. The molecule has 1 aliphatic rings. The smallest absolute Gasteiger partial charge is 0.317 e. The van der Waals surface area contributed by atoms with Crippen molar-refractivity contribution in [1.82, 2.24) is 10.2 Å². The first-order chi connectivity index (χ1) is 11.0. The van der Waals surface area contributed by atoms with Crippen molar-refractivity contribution in [3.63, 3.8) is 0 Å². The normalized spacial score (nSPS) is 18.3. The van der Waals surface area contributed by atoms with Crippen molar-refractivity contribution in [2.75, 3.05) is 19.6 Å². The summed E-state index contributed by atoms with van der Waals surface area (Å²) in [6.07, 6.45) is 0.971. The molecule has 2 unspecified atom stereocenters. The van der Waals surface area contributed by atoms with Crippen LogP contribution in [0.5, 0.6) is 5.75 Å². The minimum absolute atomic E-state index is 0.141. The zero-order valence-electron chi connectivity index (χ0n) is 13.7. The second-order valence-corrected chi connectivity index (χ2v) is 6.11. The number of aliphatic hydroxyl groups excluding tert-OH is 1. The maximum absolute atomic E-state index is 13.5. The molecule has 2 atom stereocenters. The summed E-state index contributed by atoms with van der Waals surface area (Å²) < 4.78 is 19.0. The van der Waals surface area contributed by atoms with Gasteiger partial charge < -0.3 is 20.1 Å². The van der Waals surface area contributed by atoms with Gasteiger partial charge in [0.25, 0.3) is 0 Å². The number of para-hydroxylation sites is 1. The van der Waals surface area contributed by atoms with Crippen molar-refractivity contribution < 1.29 is 19.0 Å². The fourth-order valence-electron chi connectivity index (χ4n) is 2.73. The second kappa shape index (κ2) is 8.15. The monoisotopic (exact) mass is 324 g/mol. The minimum atomic E-state index is -0.411. The lowest BCUT2D eigenvalue weighted by Gasteiger charge is -2.33. The molecule has 5 nitrogen and oxygen atoms in total. The van der Waals surface area contributed by atoms with Gasteiger partial charge in [-0.05, 0) is 44.7 Å². The Kier molecular flexibility index (Phi) is 6.21. The van der Waals surface area contributed by atoms with E-state index in [4.69, 9.17) is 4.74 Å². The number of benzene rings is 1. The van der Waals surface area contributed by atoms with Crippen LogP contribution in [0.2, 0.25) is 0 Å². The van der Waals surface area contributed by atoms with Gasteiger partial charge in [0.1, 0.15) is 6.10 Å². The summed E-state index contributed by atoms with van der Waals surface area (Å²) in [4.78, 5) is 13.9. The van der Waals surface area contributed by atoms with E-state index >= 15 is 0 Å². The number of hydrogen-bond donors (Lipinski definition) is 2. The molecule has 0 radical (unpaired) electrons. The Bertz CT molecular complexity index is 516. The lowest BCUT2D eigenvalue weighted by molar-refractivity contribution is 0.0792. The van der Waals surface area contributed by atoms with Crippen LogP contribution in [0.3, 0.4) is 0 Å². The highest BCUT2D eigenvalue weighted by Gasteiger charge is 2.25. The first-order valence-corrected chi connectivity index (χ1v) is 8.09. The third-order valence-corrected chi connectivity index (χ3v) is 4.21. The van der Waals surface area contributed by atoms with E-state index < -0.39 is 5.82 Å². The fourth-order valence-corrected chi connectivity index (χ4v) is 2.73. The number of carbonyl (C=O) groups excluding carboxylic acids is 1. The Hall–Kier alpha value is -1.82. The number of nitrogens with zero attached hydrogens (tertiary/aromatic N) is 1. The van der Waals surface area contributed by atoms with Crippen molar-refractivity contribution >= 4 is 6.03 Å². The van der Waals surface area contributed by atoms with E-state index in [0.29, 0.717) is 19.6 Å². The summed E-state index contributed by atoms with van der Waals surface area (Å²) in [6, 6.07) is 6.07. The van der Waals surface area contributed by atoms with E-state index in [0.717, 1.165) is 12.8 Å². The van der Waals surface area contributed by atoms with Crippen LogP contribution in [-0.4, -0.2) is 47.9 Å². The number of urea groups is 1. The molecule has 1 saturated heterocycles. The Morgan fingerprint density at radius 1 is 1.39 bits per heavy atom. The predicted molar refractivity (Wildman–Crippen MR) is 85.9 cm³/mol. The molecule has 1 heterocycles. The minimum Gasteiger partial charge on any atom is -0.486 e. The molecule has 6 heteroatoms. The Morgan fingerprint density at radius 2 is 2.04 bits per heavy atom. The van der Waals surface area contributed by atoms with Crippen molar-refractivity contribution in [3.05, 3.63) is 30.1 Å². The van der Waals surface area contributed by atoms with E-state index in [1.165, 1.54) is 6.07 Å². The predicted octanol–water partition coefficient (Wildman–Crippen LogP) is 2.40. The van der Waals surface area contributed by atoms with Gasteiger partial charge in [-0.2, -0.15) is 0 Å². The number of amides is 2. The van der Waals surface area contributed by atoms with Gasteiger partial charge in [-0.3, -0.25) is 0 Å². The molecule has 0 aromatic heterocycles. The number of rotatable bonds is 5. The van der Waals surface area contributed by atoms with Crippen molar-refractivity contribution in [3.8, 4) is 5.75 Å². The fraction of sp³-hybridized carbons (Fsp3) is 0.588. The molecule has 0 spiro atoms. The molecule has 0 aliphatic carbocycles. The third-order valence-electron chi connectivity index (χ3n) is 4.21. The first kappa shape index (κ1) is 17.5. The summed E-state index contributed by atoms with van der Waals surface area (Å²) in [6.45, 7) is 5.17. The van der Waals surface area contributed by atoms with Crippen LogP contribution in [0.15, 0.2) is 24.3 Å². The summed E-state index contributed by atoms with van der Waals surface area (Å²) >= 11 is 0. The van der Waals surface area contributed by atoms with Gasteiger partial charge in [-0.1, -0.05) is 12.1 Å². The molecule has 1 aromatic carbocycles. The van der Waals surface area contributed by atoms with Crippen LogP contribution in [0, 0.1) is 11.7 Å². The zero-order valence-corrected chi connectivity index (χ0v) is 13.7. The molecule has 1 aromatic rings. The summed E-state index contributed by atoms with van der Waals surface area (Å²) in [5.74, 6) is 0.0419. The number of ether oxygens (including phenoxy) is 1. The Labute approximate surface area is 136 Å². The quantitative estimate of drug-likeness (QED) is 0.874. The van der Waals surface area contributed by atoms with Crippen LogP contribution in [0.1, 0.15) is 26.7 Å². The van der Waals surface area contributed by atoms with Crippen LogP contribution >= 0.6 is 0 Å².